The van der Waals surface area contributed by atoms with Crippen molar-refractivity contribution >= 4 is 21.9 Å². The zero-order valence-corrected chi connectivity index (χ0v) is 20.3. The zero-order chi connectivity index (χ0) is 25.9. The summed E-state index contributed by atoms with van der Waals surface area (Å²) < 4.78 is 64.3. The van der Waals surface area contributed by atoms with Crippen LogP contribution in [0.3, 0.4) is 0 Å². The van der Waals surface area contributed by atoms with Crippen LogP contribution in [0.15, 0.2) is 29.2 Å². The van der Waals surface area contributed by atoms with Crippen molar-refractivity contribution in [3.63, 3.8) is 0 Å². The molecule has 0 atom stereocenters. The van der Waals surface area contributed by atoms with E-state index < -0.39 is 22.2 Å². The number of alkyl halides is 3. The van der Waals surface area contributed by atoms with Crippen molar-refractivity contribution in [2.45, 2.75) is 37.3 Å². The van der Waals surface area contributed by atoms with Crippen LogP contribution >= 0.6 is 0 Å². The predicted octanol–water partition coefficient (Wildman–Crippen LogP) is 1.90. The van der Waals surface area contributed by atoms with Gasteiger partial charge in [0.05, 0.1) is 11.4 Å². The van der Waals surface area contributed by atoms with Crippen LogP contribution in [-0.2, 0) is 24.3 Å². The maximum Gasteiger partial charge on any atom is 0.490 e. The highest BCUT2D eigenvalue weighted by molar-refractivity contribution is 7.89. The molecule has 2 N–H and O–H groups in total. The van der Waals surface area contributed by atoms with Crippen LogP contribution in [0, 0.1) is 0 Å². The molecule has 1 aliphatic rings. The van der Waals surface area contributed by atoms with E-state index in [4.69, 9.17) is 14.6 Å². The third-order valence-electron chi connectivity index (χ3n) is 4.96. The van der Waals surface area contributed by atoms with Crippen molar-refractivity contribution in [1.82, 2.24) is 14.5 Å². The maximum atomic E-state index is 13.1. The Morgan fingerprint density at radius 1 is 1.18 bits per heavy atom. The Labute approximate surface area is 197 Å². The predicted molar refractivity (Wildman–Crippen MR) is 119 cm³/mol. The molecule has 1 aromatic rings. The van der Waals surface area contributed by atoms with Gasteiger partial charge in [-0.1, -0.05) is 26.0 Å². The van der Waals surface area contributed by atoms with Crippen molar-refractivity contribution in [1.29, 1.82) is 0 Å². The summed E-state index contributed by atoms with van der Waals surface area (Å²) in [6, 6.07) is 6.93. The molecular weight excluding hydrogens is 479 g/mol. The third kappa shape index (κ3) is 9.57. The van der Waals surface area contributed by atoms with Gasteiger partial charge in [-0.25, -0.2) is 13.2 Å². The molecule has 0 aliphatic carbocycles. The second-order valence-corrected chi connectivity index (χ2v) is 9.78. The highest BCUT2D eigenvalue weighted by atomic mass is 32.2. The summed E-state index contributed by atoms with van der Waals surface area (Å²) in [5.74, 6) is -2.59. The Hall–Kier alpha value is -2.22. The van der Waals surface area contributed by atoms with Gasteiger partial charge in [-0.3, -0.25) is 4.79 Å². The number of rotatable bonds is 9. The fourth-order valence-corrected chi connectivity index (χ4v) is 4.44. The molecule has 1 amide bonds. The molecule has 0 bridgehead atoms. The van der Waals surface area contributed by atoms with Crippen molar-refractivity contribution in [2.75, 3.05) is 53.0 Å². The highest BCUT2D eigenvalue weighted by Crippen LogP contribution is 2.21. The first-order chi connectivity index (χ1) is 15.8. The van der Waals surface area contributed by atoms with Crippen LogP contribution in [0.4, 0.5) is 13.2 Å². The topological polar surface area (TPSA) is 116 Å². The number of carboxylic acid groups (broad SMARTS) is 1. The molecule has 1 fully saturated rings. The van der Waals surface area contributed by atoms with Gasteiger partial charge in [0.15, 0.2) is 0 Å². The molecule has 1 heterocycles. The molecule has 0 radical (unpaired) electrons. The minimum absolute atomic E-state index is 0.141. The van der Waals surface area contributed by atoms with Crippen molar-refractivity contribution in [2.24, 2.45) is 0 Å². The number of carbonyl (C=O) groups is 2. The van der Waals surface area contributed by atoms with Gasteiger partial charge in [-0.15, -0.1) is 0 Å². The summed E-state index contributed by atoms with van der Waals surface area (Å²) in [4.78, 5) is 23.5. The largest absolute Gasteiger partial charge is 0.490 e. The number of nitrogens with one attached hydrogen (secondary N) is 1. The standard InChI is InChI=1S/C19H31N3O4S.C2HF3O2/c1-16(2)17-5-7-18(8-6-17)27(24,25)22(11-4-14-26-3)15-19(23)21-12-9-20-10-13-21;3-2(4,5)1(6)7/h5-8,16,20H,4,9-15H2,1-3H3;(H,6,7). The number of hydrogen-bond acceptors (Lipinski definition) is 6. The van der Waals surface area contributed by atoms with E-state index in [0.29, 0.717) is 32.0 Å². The fraction of sp³-hybridized carbons (Fsp3) is 0.619. The van der Waals surface area contributed by atoms with Gasteiger partial charge in [0, 0.05) is 46.4 Å². The van der Waals surface area contributed by atoms with Gasteiger partial charge in [0.2, 0.25) is 15.9 Å². The number of hydrogen-bond donors (Lipinski definition) is 2. The average Bonchev–Trinajstić information content (AvgIpc) is 2.78. The molecule has 1 aliphatic heterocycles. The van der Waals surface area contributed by atoms with Crippen LogP contribution in [-0.4, -0.2) is 93.8 Å². The molecule has 13 heteroatoms. The van der Waals surface area contributed by atoms with Crippen molar-refractivity contribution in [3.8, 4) is 0 Å². The number of halogens is 3. The Bertz CT molecular complexity index is 886. The highest BCUT2D eigenvalue weighted by Gasteiger charge is 2.38. The number of carbonyl (C=O) groups excluding carboxylic acids is 1. The van der Waals surface area contributed by atoms with Crippen molar-refractivity contribution < 1.29 is 41.0 Å². The Morgan fingerprint density at radius 2 is 1.71 bits per heavy atom. The summed E-state index contributed by atoms with van der Waals surface area (Å²) >= 11 is 0. The first-order valence-electron chi connectivity index (χ1n) is 10.7. The monoisotopic (exact) mass is 511 g/mol. The molecule has 0 saturated carbocycles. The van der Waals surface area contributed by atoms with E-state index in [0.717, 1.165) is 18.7 Å². The zero-order valence-electron chi connectivity index (χ0n) is 19.5. The first kappa shape index (κ1) is 29.8. The molecule has 0 unspecified atom stereocenters. The van der Waals surface area contributed by atoms with E-state index in [1.165, 1.54) is 4.31 Å². The van der Waals surface area contributed by atoms with Crippen LogP contribution in [0.1, 0.15) is 31.7 Å². The summed E-state index contributed by atoms with van der Waals surface area (Å²) in [5, 5.41) is 10.3. The molecule has 2 rings (SSSR count). The molecule has 0 aromatic heterocycles. The summed E-state index contributed by atoms with van der Waals surface area (Å²) in [6.07, 6.45) is -4.55. The number of sulfonamides is 1. The van der Waals surface area contributed by atoms with E-state index in [1.54, 1.807) is 24.1 Å². The van der Waals surface area contributed by atoms with Crippen LogP contribution < -0.4 is 5.32 Å². The second kappa shape index (κ2) is 13.6. The number of benzene rings is 1. The minimum atomic E-state index is -5.08. The Kier molecular flexibility index (Phi) is 11.9. The van der Waals surface area contributed by atoms with Gasteiger partial charge >= 0.3 is 12.1 Å². The average molecular weight is 512 g/mol. The lowest BCUT2D eigenvalue weighted by molar-refractivity contribution is -0.192. The Balaban J connectivity index is 0.000000718. The summed E-state index contributed by atoms with van der Waals surface area (Å²) in [6.45, 7) is 7.36. The van der Waals surface area contributed by atoms with E-state index in [1.807, 2.05) is 12.1 Å². The number of piperazine rings is 1. The third-order valence-corrected chi connectivity index (χ3v) is 6.82. The SMILES string of the molecule is COCCCN(CC(=O)N1CCNCC1)S(=O)(=O)c1ccc(C(C)C)cc1.O=C(O)C(F)(F)F. The number of nitrogens with zero attached hydrogens (tertiary/aromatic N) is 2. The van der Waals surface area contributed by atoms with E-state index in [2.05, 4.69) is 19.2 Å². The van der Waals surface area contributed by atoms with Gasteiger partial charge in [0.25, 0.3) is 0 Å². The van der Waals surface area contributed by atoms with Gasteiger partial charge in [-0.2, -0.15) is 17.5 Å². The maximum absolute atomic E-state index is 13.1. The molecule has 1 saturated heterocycles. The number of amides is 1. The summed E-state index contributed by atoms with van der Waals surface area (Å²) in [5.41, 5.74) is 1.08. The molecule has 34 heavy (non-hydrogen) atoms. The van der Waals surface area contributed by atoms with E-state index in [-0.39, 0.29) is 23.9 Å². The normalized spacial score (nSPS) is 14.6. The molecule has 194 valence electrons. The van der Waals surface area contributed by atoms with E-state index >= 15 is 0 Å². The number of ether oxygens (including phenoxy) is 1. The smallest absolute Gasteiger partial charge is 0.475 e. The van der Waals surface area contributed by atoms with Crippen molar-refractivity contribution in [3.05, 3.63) is 29.8 Å². The van der Waals surface area contributed by atoms with Gasteiger partial charge in [-0.05, 0) is 30.0 Å². The van der Waals surface area contributed by atoms with Crippen LogP contribution in [0.25, 0.3) is 0 Å². The minimum Gasteiger partial charge on any atom is -0.475 e. The molecule has 9 nitrogen and oxygen atoms in total. The Morgan fingerprint density at radius 3 is 2.15 bits per heavy atom. The van der Waals surface area contributed by atoms with E-state index in [9.17, 15) is 26.4 Å². The molecular formula is C21H32F3N3O6S. The first-order valence-corrected chi connectivity index (χ1v) is 12.1. The molecule has 0 spiro atoms. The van der Waals surface area contributed by atoms with Crippen LogP contribution in [0.2, 0.25) is 0 Å². The lowest BCUT2D eigenvalue weighted by Gasteiger charge is -2.30. The van der Waals surface area contributed by atoms with Crippen LogP contribution in [0.5, 0.6) is 0 Å². The number of carboxylic acids is 1. The lowest BCUT2D eigenvalue weighted by atomic mass is 10.0. The van der Waals surface area contributed by atoms with Gasteiger partial charge < -0.3 is 20.1 Å². The second-order valence-electron chi connectivity index (χ2n) is 7.84. The fourth-order valence-electron chi connectivity index (χ4n) is 3.01. The number of aliphatic carboxylic acids is 1. The van der Waals surface area contributed by atoms with Gasteiger partial charge in [0.1, 0.15) is 0 Å². The summed E-state index contributed by atoms with van der Waals surface area (Å²) in [7, 11) is -2.16. The molecule has 1 aromatic carbocycles. The number of methoxy groups -OCH3 is 1. The lowest BCUT2D eigenvalue weighted by Crippen LogP contribution is -2.50. The quantitative estimate of drug-likeness (QED) is 0.487.